The van der Waals surface area contributed by atoms with Gasteiger partial charge >= 0.3 is 0 Å². The molecule has 1 unspecified atom stereocenters. The van der Waals surface area contributed by atoms with E-state index in [0.717, 1.165) is 38.2 Å². The Labute approximate surface area is 155 Å². The molecule has 26 heavy (non-hydrogen) atoms. The van der Waals surface area contributed by atoms with Crippen molar-refractivity contribution in [3.05, 3.63) is 29.8 Å². The number of nitrogens with zero attached hydrogens (tertiary/aromatic N) is 2. The summed E-state index contributed by atoms with van der Waals surface area (Å²) in [5, 5.41) is 2.93. The highest BCUT2D eigenvalue weighted by Crippen LogP contribution is 2.11. The molecule has 1 aromatic rings. The second-order valence-electron chi connectivity index (χ2n) is 6.55. The number of piperazine rings is 1. The van der Waals surface area contributed by atoms with Gasteiger partial charge in [-0.15, -0.1) is 0 Å². The predicted octanol–water partition coefficient (Wildman–Crippen LogP) is 0.697. The molecule has 1 aliphatic heterocycles. The zero-order valence-electron chi connectivity index (χ0n) is 15.7. The third-order valence-corrected chi connectivity index (χ3v) is 4.67. The lowest BCUT2D eigenvalue weighted by Crippen LogP contribution is -2.54. The molecule has 2 amide bonds. The molecular formula is C19H30N4O3. The van der Waals surface area contributed by atoms with Crippen molar-refractivity contribution in [1.29, 1.82) is 0 Å². The Morgan fingerprint density at radius 2 is 1.85 bits per heavy atom. The normalized spacial score (nSPS) is 16.2. The monoisotopic (exact) mass is 362 g/mol. The average Bonchev–Trinajstić information content (AvgIpc) is 2.68. The second-order valence-corrected chi connectivity index (χ2v) is 6.55. The van der Waals surface area contributed by atoms with Crippen molar-refractivity contribution in [1.82, 2.24) is 15.1 Å². The van der Waals surface area contributed by atoms with Crippen LogP contribution in [0.3, 0.4) is 0 Å². The number of ether oxygens (including phenoxy) is 1. The number of nitrogens with one attached hydrogen (secondary N) is 1. The Balaban J connectivity index is 1.68. The van der Waals surface area contributed by atoms with Crippen LogP contribution in [0.2, 0.25) is 0 Å². The van der Waals surface area contributed by atoms with Gasteiger partial charge in [-0.05, 0) is 30.7 Å². The molecule has 0 spiro atoms. The van der Waals surface area contributed by atoms with Crippen molar-refractivity contribution in [2.75, 3.05) is 46.4 Å². The summed E-state index contributed by atoms with van der Waals surface area (Å²) in [5.74, 6) is 0.693. The minimum atomic E-state index is -0.379. The summed E-state index contributed by atoms with van der Waals surface area (Å²) >= 11 is 0. The summed E-state index contributed by atoms with van der Waals surface area (Å²) in [5.41, 5.74) is 6.54. The number of hydrogen-bond acceptors (Lipinski definition) is 5. The van der Waals surface area contributed by atoms with Gasteiger partial charge in [0.15, 0.2) is 0 Å². The summed E-state index contributed by atoms with van der Waals surface area (Å²) in [7, 11) is 1.60. The van der Waals surface area contributed by atoms with Crippen molar-refractivity contribution < 1.29 is 14.3 Å². The first kappa shape index (κ1) is 20.2. The summed E-state index contributed by atoms with van der Waals surface area (Å²) in [6.07, 6.45) is 1.65. The van der Waals surface area contributed by atoms with Crippen molar-refractivity contribution in [3.63, 3.8) is 0 Å². The number of nitrogens with two attached hydrogens (primary N) is 1. The number of rotatable bonds is 8. The van der Waals surface area contributed by atoms with Crippen LogP contribution in [0.4, 0.5) is 0 Å². The first-order valence-corrected chi connectivity index (χ1v) is 9.24. The minimum Gasteiger partial charge on any atom is -0.497 e. The average molecular weight is 362 g/mol. The standard InChI is InChI=1S/C19H30N4O3/c1-3-4-17(20)19(25)23-13-11-22(12-14-23)10-9-21-18(24)15-5-7-16(26-2)8-6-15/h5-8,17H,3-4,9-14,20H2,1-2H3,(H,21,24). The molecule has 0 saturated carbocycles. The minimum absolute atomic E-state index is 0.0549. The summed E-state index contributed by atoms with van der Waals surface area (Å²) in [6.45, 7) is 6.39. The first-order valence-electron chi connectivity index (χ1n) is 9.24. The fraction of sp³-hybridized carbons (Fsp3) is 0.579. The van der Waals surface area contributed by atoms with Crippen LogP contribution in [0.5, 0.6) is 5.75 Å². The molecule has 144 valence electrons. The zero-order valence-corrected chi connectivity index (χ0v) is 15.7. The van der Waals surface area contributed by atoms with Crippen molar-refractivity contribution in [2.45, 2.75) is 25.8 Å². The highest BCUT2D eigenvalue weighted by atomic mass is 16.5. The van der Waals surface area contributed by atoms with E-state index in [1.807, 2.05) is 11.8 Å². The van der Waals surface area contributed by atoms with Gasteiger partial charge in [-0.1, -0.05) is 13.3 Å². The molecule has 1 aromatic carbocycles. The van der Waals surface area contributed by atoms with Gasteiger partial charge in [-0.2, -0.15) is 0 Å². The van der Waals surface area contributed by atoms with Gasteiger partial charge in [0.05, 0.1) is 13.2 Å². The van der Waals surface area contributed by atoms with Gasteiger partial charge < -0.3 is 20.7 Å². The fourth-order valence-electron chi connectivity index (χ4n) is 3.03. The number of amides is 2. The van der Waals surface area contributed by atoms with E-state index in [1.54, 1.807) is 31.4 Å². The van der Waals surface area contributed by atoms with Crippen molar-refractivity contribution >= 4 is 11.8 Å². The second kappa shape index (κ2) is 10.1. The molecule has 0 radical (unpaired) electrons. The van der Waals surface area contributed by atoms with Crippen molar-refractivity contribution in [2.24, 2.45) is 5.73 Å². The van der Waals surface area contributed by atoms with Crippen molar-refractivity contribution in [3.8, 4) is 5.75 Å². The first-order chi connectivity index (χ1) is 12.5. The van der Waals surface area contributed by atoms with E-state index in [-0.39, 0.29) is 17.9 Å². The number of carbonyl (C=O) groups is 2. The summed E-state index contributed by atoms with van der Waals surface area (Å²) in [6, 6.07) is 6.66. The van der Waals surface area contributed by atoms with E-state index in [2.05, 4.69) is 10.2 Å². The highest BCUT2D eigenvalue weighted by molar-refractivity contribution is 5.94. The molecule has 1 atom stereocenters. The molecule has 2 rings (SSSR count). The largest absolute Gasteiger partial charge is 0.497 e. The van der Waals surface area contributed by atoms with E-state index in [1.165, 1.54) is 0 Å². The van der Waals surface area contributed by atoms with E-state index in [4.69, 9.17) is 10.5 Å². The molecule has 1 aliphatic rings. The van der Waals surface area contributed by atoms with Gasteiger partial charge in [-0.3, -0.25) is 14.5 Å². The molecule has 1 fully saturated rings. The maximum Gasteiger partial charge on any atom is 0.251 e. The molecule has 7 heteroatoms. The molecule has 0 aromatic heterocycles. The Morgan fingerprint density at radius 3 is 2.42 bits per heavy atom. The fourth-order valence-corrected chi connectivity index (χ4v) is 3.03. The lowest BCUT2D eigenvalue weighted by Gasteiger charge is -2.35. The molecule has 0 aliphatic carbocycles. The lowest BCUT2D eigenvalue weighted by atomic mass is 10.1. The van der Waals surface area contributed by atoms with Crippen LogP contribution >= 0.6 is 0 Å². The van der Waals surface area contributed by atoms with Crippen LogP contribution in [0.25, 0.3) is 0 Å². The van der Waals surface area contributed by atoms with Crippen LogP contribution in [0.15, 0.2) is 24.3 Å². The summed E-state index contributed by atoms with van der Waals surface area (Å²) in [4.78, 5) is 28.5. The molecular weight excluding hydrogens is 332 g/mol. The third kappa shape index (κ3) is 5.71. The molecule has 0 bridgehead atoms. The highest BCUT2D eigenvalue weighted by Gasteiger charge is 2.24. The van der Waals surface area contributed by atoms with Gasteiger partial charge in [0.1, 0.15) is 5.75 Å². The van der Waals surface area contributed by atoms with Crippen LogP contribution in [-0.2, 0) is 4.79 Å². The number of hydrogen-bond donors (Lipinski definition) is 2. The van der Waals surface area contributed by atoms with E-state index >= 15 is 0 Å². The van der Waals surface area contributed by atoms with Gasteiger partial charge in [0.2, 0.25) is 5.91 Å². The lowest BCUT2D eigenvalue weighted by molar-refractivity contribution is -0.134. The maximum absolute atomic E-state index is 12.2. The maximum atomic E-state index is 12.2. The topological polar surface area (TPSA) is 87.9 Å². The van der Waals surface area contributed by atoms with Crippen LogP contribution in [0, 0.1) is 0 Å². The van der Waals surface area contributed by atoms with Crippen LogP contribution < -0.4 is 15.8 Å². The number of benzene rings is 1. The van der Waals surface area contributed by atoms with Gasteiger partial charge in [-0.25, -0.2) is 0 Å². The summed E-state index contributed by atoms with van der Waals surface area (Å²) < 4.78 is 5.09. The molecule has 7 nitrogen and oxygen atoms in total. The Bertz CT molecular complexity index is 583. The van der Waals surface area contributed by atoms with Gasteiger partial charge in [0.25, 0.3) is 5.91 Å². The van der Waals surface area contributed by atoms with E-state index in [9.17, 15) is 9.59 Å². The Kier molecular flexibility index (Phi) is 7.87. The number of methoxy groups -OCH3 is 1. The van der Waals surface area contributed by atoms with Gasteiger partial charge in [0, 0.05) is 44.8 Å². The Hall–Kier alpha value is -2.12. The predicted molar refractivity (Wildman–Crippen MR) is 101 cm³/mol. The third-order valence-electron chi connectivity index (χ3n) is 4.67. The molecule has 1 saturated heterocycles. The van der Waals surface area contributed by atoms with E-state index < -0.39 is 0 Å². The van der Waals surface area contributed by atoms with Crippen LogP contribution in [-0.4, -0.2) is 74.0 Å². The SMILES string of the molecule is CCCC(N)C(=O)N1CCN(CCNC(=O)c2ccc(OC)cc2)CC1. The molecule has 3 N–H and O–H groups in total. The van der Waals surface area contributed by atoms with E-state index in [0.29, 0.717) is 25.2 Å². The Morgan fingerprint density at radius 1 is 1.19 bits per heavy atom. The smallest absolute Gasteiger partial charge is 0.251 e. The number of carbonyl (C=O) groups excluding carboxylic acids is 2. The van der Waals surface area contributed by atoms with Crippen LogP contribution in [0.1, 0.15) is 30.1 Å². The quantitative estimate of drug-likeness (QED) is 0.711. The molecule has 1 heterocycles. The zero-order chi connectivity index (χ0) is 18.9.